The maximum Gasteiger partial charge on any atom is 0.272 e. The van der Waals surface area contributed by atoms with Gasteiger partial charge in [0.1, 0.15) is 17.5 Å². The van der Waals surface area contributed by atoms with Gasteiger partial charge in [-0.25, -0.2) is 0 Å². The van der Waals surface area contributed by atoms with Crippen LogP contribution in [-0.4, -0.2) is 41.0 Å². The van der Waals surface area contributed by atoms with Crippen LogP contribution in [0.1, 0.15) is 50.0 Å². The predicted molar refractivity (Wildman–Crippen MR) is 82.3 cm³/mol. The van der Waals surface area contributed by atoms with Crippen molar-refractivity contribution in [3.8, 4) is 5.75 Å². The second-order valence-corrected chi connectivity index (χ2v) is 5.52. The molecule has 2 atom stereocenters. The molecule has 1 fully saturated rings. The van der Waals surface area contributed by atoms with Crippen molar-refractivity contribution >= 4 is 5.91 Å². The van der Waals surface area contributed by atoms with E-state index in [2.05, 4.69) is 4.98 Å². The summed E-state index contributed by atoms with van der Waals surface area (Å²) < 4.78 is 5.97. The Hall–Kier alpha value is -1.62. The molecule has 0 spiro atoms. The zero-order valence-electron chi connectivity index (χ0n) is 12.9. The lowest BCUT2D eigenvalue weighted by Crippen LogP contribution is -2.34. The fraction of sp³-hybridized carbons (Fsp3) is 0.625. The highest BCUT2D eigenvalue weighted by Crippen LogP contribution is 2.23. The second kappa shape index (κ2) is 7.41. The van der Waals surface area contributed by atoms with Gasteiger partial charge in [-0.1, -0.05) is 0 Å². The third kappa shape index (κ3) is 4.17. The molecule has 0 saturated heterocycles. The Bertz CT molecular complexity index is 474. The molecule has 1 aliphatic carbocycles. The predicted octanol–water partition coefficient (Wildman–Crippen LogP) is 2.21. The Morgan fingerprint density at radius 3 is 2.86 bits per heavy atom. The normalized spacial score (nSPS) is 21.9. The van der Waals surface area contributed by atoms with Crippen LogP contribution in [0.2, 0.25) is 0 Å². The van der Waals surface area contributed by atoms with Crippen LogP contribution in [0.25, 0.3) is 0 Å². The van der Waals surface area contributed by atoms with Crippen LogP contribution in [0.4, 0.5) is 0 Å². The molecular weight excluding hydrogens is 266 g/mol. The molecule has 0 aliphatic heterocycles. The summed E-state index contributed by atoms with van der Waals surface area (Å²) in [5.41, 5.74) is 6.42. The third-order valence-corrected chi connectivity index (χ3v) is 3.97. The fourth-order valence-corrected chi connectivity index (χ4v) is 2.75. The summed E-state index contributed by atoms with van der Waals surface area (Å²) in [7, 11) is 0. The molecule has 1 aromatic rings. The minimum atomic E-state index is -0.0502. The number of pyridine rings is 1. The maximum atomic E-state index is 12.3. The molecule has 116 valence electrons. The van der Waals surface area contributed by atoms with Crippen molar-refractivity contribution in [1.82, 2.24) is 9.88 Å². The van der Waals surface area contributed by atoms with Crippen molar-refractivity contribution in [2.75, 3.05) is 13.1 Å². The number of ether oxygens (including phenoxy) is 1. The van der Waals surface area contributed by atoms with E-state index in [4.69, 9.17) is 10.5 Å². The van der Waals surface area contributed by atoms with Crippen LogP contribution >= 0.6 is 0 Å². The highest BCUT2D eigenvalue weighted by atomic mass is 16.5. The Morgan fingerprint density at radius 1 is 1.43 bits per heavy atom. The number of carbonyl (C=O) groups is 1. The van der Waals surface area contributed by atoms with Gasteiger partial charge in [0.05, 0.1) is 0 Å². The lowest BCUT2D eigenvalue weighted by Gasteiger charge is -2.27. The van der Waals surface area contributed by atoms with E-state index in [1.807, 2.05) is 13.8 Å². The van der Waals surface area contributed by atoms with Crippen LogP contribution in [0.15, 0.2) is 18.3 Å². The van der Waals surface area contributed by atoms with Crippen LogP contribution in [0, 0.1) is 0 Å². The summed E-state index contributed by atoms with van der Waals surface area (Å²) in [6.45, 7) is 5.29. The van der Waals surface area contributed by atoms with Crippen molar-refractivity contribution in [3.63, 3.8) is 0 Å². The van der Waals surface area contributed by atoms with Gasteiger partial charge in [-0.05, 0) is 45.6 Å². The largest absolute Gasteiger partial charge is 0.490 e. The summed E-state index contributed by atoms with van der Waals surface area (Å²) in [4.78, 5) is 18.2. The molecule has 2 unspecified atom stereocenters. The Labute approximate surface area is 126 Å². The summed E-state index contributed by atoms with van der Waals surface area (Å²) in [6.07, 6.45) is 5.85. The molecule has 0 bridgehead atoms. The number of carbonyl (C=O) groups excluding carboxylic acids is 1. The van der Waals surface area contributed by atoms with E-state index in [9.17, 15) is 4.79 Å². The number of rotatable bonds is 5. The van der Waals surface area contributed by atoms with E-state index in [0.29, 0.717) is 24.5 Å². The maximum absolute atomic E-state index is 12.3. The molecule has 5 heteroatoms. The SMILES string of the molecule is CCN(CC)C(=O)c1cc(OC2CCCC(N)C2)ccn1. The van der Waals surface area contributed by atoms with Gasteiger partial charge in [-0.15, -0.1) is 0 Å². The van der Waals surface area contributed by atoms with Crippen molar-refractivity contribution < 1.29 is 9.53 Å². The number of hydrogen-bond donors (Lipinski definition) is 1. The van der Waals surface area contributed by atoms with Gasteiger partial charge in [0.2, 0.25) is 0 Å². The molecule has 21 heavy (non-hydrogen) atoms. The number of hydrogen-bond acceptors (Lipinski definition) is 4. The highest BCUT2D eigenvalue weighted by molar-refractivity contribution is 5.92. The van der Waals surface area contributed by atoms with Crippen molar-refractivity contribution in [2.45, 2.75) is 51.7 Å². The minimum absolute atomic E-state index is 0.0502. The first-order chi connectivity index (χ1) is 10.1. The van der Waals surface area contributed by atoms with Crippen LogP contribution < -0.4 is 10.5 Å². The van der Waals surface area contributed by atoms with Crippen molar-refractivity contribution in [2.24, 2.45) is 5.73 Å². The molecule has 2 N–H and O–H groups in total. The van der Waals surface area contributed by atoms with E-state index >= 15 is 0 Å². The molecule has 0 radical (unpaired) electrons. The van der Waals surface area contributed by atoms with E-state index in [-0.39, 0.29) is 18.1 Å². The number of nitrogens with two attached hydrogens (primary N) is 1. The molecule has 1 aromatic heterocycles. The van der Waals surface area contributed by atoms with Crippen molar-refractivity contribution in [3.05, 3.63) is 24.0 Å². The molecule has 1 amide bonds. The molecular formula is C16H25N3O2. The Morgan fingerprint density at radius 2 is 2.19 bits per heavy atom. The minimum Gasteiger partial charge on any atom is -0.490 e. The van der Waals surface area contributed by atoms with Gasteiger partial charge in [0, 0.05) is 31.4 Å². The average Bonchev–Trinajstić information content (AvgIpc) is 2.48. The van der Waals surface area contributed by atoms with Crippen LogP contribution in [0.5, 0.6) is 5.75 Å². The monoisotopic (exact) mass is 291 g/mol. The van der Waals surface area contributed by atoms with Gasteiger partial charge in [0.15, 0.2) is 0 Å². The lowest BCUT2D eigenvalue weighted by molar-refractivity contribution is 0.0765. The van der Waals surface area contributed by atoms with Gasteiger partial charge < -0.3 is 15.4 Å². The molecule has 5 nitrogen and oxygen atoms in total. The molecule has 2 rings (SSSR count). The summed E-state index contributed by atoms with van der Waals surface area (Å²) >= 11 is 0. The van der Waals surface area contributed by atoms with E-state index in [0.717, 1.165) is 25.7 Å². The quantitative estimate of drug-likeness (QED) is 0.903. The highest BCUT2D eigenvalue weighted by Gasteiger charge is 2.21. The lowest BCUT2D eigenvalue weighted by atomic mass is 9.93. The van der Waals surface area contributed by atoms with Crippen LogP contribution in [-0.2, 0) is 0 Å². The smallest absolute Gasteiger partial charge is 0.272 e. The van der Waals surface area contributed by atoms with E-state index < -0.39 is 0 Å². The summed E-state index contributed by atoms with van der Waals surface area (Å²) in [5.74, 6) is 0.658. The number of nitrogens with zero attached hydrogens (tertiary/aromatic N) is 2. The van der Waals surface area contributed by atoms with Gasteiger partial charge in [-0.2, -0.15) is 0 Å². The standard InChI is InChI=1S/C16H25N3O2/c1-3-19(4-2)16(20)15-11-14(8-9-18-15)21-13-7-5-6-12(17)10-13/h8-9,11-13H,3-7,10,17H2,1-2H3. The molecule has 1 heterocycles. The summed E-state index contributed by atoms with van der Waals surface area (Å²) in [5, 5.41) is 0. The van der Waals surface area contributed by atoms with E-state index in [1.165, 1.54) is 0 Å². The Kier molecular flexibility index (Phi) is 5.56. The van der Waals surface area contributed by atoms with Gasteiger partial charge in [-0.3, -0.25) is 9.78 Å². The molecule has 1 aliphatic rings. The Balaban J connectivity index is 2.05. The average molecular weight is 291 g/mol. The fourth-order valence-electron chi connectivity index (χ4n) is 2.75. The third-order valence-electron chi connectivity index (χ3n) is 3.97. The van der Waals surface area contributed by atoms with E-state index in [1.54, 1.807) is 23.2 Å². The first-order valence-corrected chi connectivity index (χ1v) is 7.81. The summed E-state index contributed by atoms with van der Waals surface area (Å²) in [6, 6.07) is 3.77. The molecule has 1 saturated carbocycles. The number of amides is 1. The zero-order valence-corrected chi connectivity index (χ0v) is 12.9. The van der Waals surface area contributed by atoms with Crippen LogP contribution in [0.3, 0.4) is 0 Å². The second-order valence-electron chi connectivity index (χ2n) is 5.52. The van der Waals surface area contributed by atoms with Gasteiger partial charge in [0.25, 0.3) is 5.91 Å². The first-order valence-electron chi connectivity index (χ1n) is 7.81. The zero-order chi connectivity index (χ0) is 15.2. The van der Waals surface area contributed by atoms with Gasteiger partial charge >= 0.3 is 0 Å². The first kappa shape index (κ1) is 15.8. The van der Waals surface area contributed by atoms with Crippen molar-refractivity contribution in [1.29, 1.82) is 0 Å². The topological polar surface area (TPSA) is 68.5 Å². The molecule has 0 aromatic carbocycles. The number of aromatic nitrogens is 1.